The molecule has 4 aliphatic carbocycles. The molecule has 0 aromatic heterocycles. The Balaban J connectivity index is 1.96. The van der Waals surface area contributed by atoms with E-state index < -0.39 is 40.0 Å². The Morgan fingerprint density at radius 2 is 1.62 bits per heavy atom. The molecule has 0 aromatic rings. The van der Waals surface area contributed by atoms with Crippen molar-refractivity contribution in [2.24, 2.45) is 33.5 Å². The lowest BCUT2D eigenvalue weighted by Gasteiger charge is -2.62. The van der Waals surface area contributed by atoms with Gasteiger partial charge in [-0.15, -0.1) is 0 Å². The number of hydrogen-bond acceptors (Lipinski definition) is 5. The lowest BCUT2D eigenvalue weighted by atomic mass is 9.42. The summed E-state index contributed by atoms with van der Waals surface area (Å²) in [4.78, 5) is 26.1. The Bertz CT molecular complexity index is 812. The van der Waals surface area contributed by atoms with Gasteiger partial charge in [-0.2, -0.15) is 0 Å². The maximum atomic E-state index is 13.7. The van der Waals surface area contributed by atoms with E-state index in [1.165, 1.54) is 0 Å². The standard InChI is InChI=1S/C24H36O5/c1-12(25)13-9-18(29)24(6)20-14(26)10-16-21(2,3)17(28)7-8-22(16,4)19(20)15(27)11-23(13,24)5/h13-14,16-18,26,28-29H,7-11H2,1-6H3/t13-,14+,16+,17+,18+,22+,23-,24+/m1/s1. The Labute approximate surface area is 173 Å². The highest BCUT2D eigenvalue weighted by molar-refractivity contribution is 6.01. The van der Waals surface area contributed by atoms with Crippen molar-refractivity contribution in [2.45, 2.75) is 92.0 Å². The van der Waals surface area contributed by atoms with E-state index in [1.54, 1.807) is 6.92 Å². The number of ketones is 2. The zero-order valence-electron chi connectivity index (χ0n) is 18.6. The molecule has 0 spiro atoms. The van der Waals surface area contributed by atoms with Gasteiger partial charge in [-0.25, -0.2) is 0 Å². The number of rotatable bonds is 1. The maximum Gasteiger partial charge on any atom is 0.160 e. The molecule has 29 heavy (non-hydrogen) atoms. The summed E-state index contributed by atoms with van der Waals surface area (Å²) in [5.74, 6) is -0.392. The zero-order chi connectivity index (χ0) is 21.7. The van der Waals surface area contributed by atoms with E-state index in [0.29, 0.717) is 36.8 Å². The highest BCUT2D eigenvalue weighted by Crippen LogP contribution is 2.70. The van der Waals surface area contributed by atoms with Gasteiger partial charge in [-0.05, 0) is 60.3 Å². The van der Waals surface area contributed by atoms with Crippen molar-refractivity contribution in [2.75, 3.05) is 0 Å². The molecule has 0 amide bonds. The fourth-order valence-corrected chi connectivity index (χ4v) is 8.08. The number of aliphatic hydroxyl groups excluding tert-OH is 3. The van der Waals surface area contributed by atoms with E-state index in [-0.39, 0.29) is 29.8 Å². The minimum atomic E-state index is -0.846. The number of fused-ring (bicyclic) bond motifs is 4. The van der Waals surface area contributed by atoms with Crippen LogP contribution in [-0.4, -0.2) is 45.2 Å². The Morgan fingerprint density at radius 3 is 2.21 bits per heavy atom. The van der Waals surface area contributed by atoms with Gasteiger partial charge in [-0.3, -0.25) is 9.59 Å². The van der Waals surface area contributed by atoms with Gasteiger partial charge in [0.25, 0.3) is 0 Å². The molecule has 8 atom stereocenters. The fourth-order valence-electron chi connectivity index (χ4n) is 8.08. The molecule has 4 rings (SSSR count). The molecule has 0 saturated heterocycles. The topological polar surface area (TPSA) is 94.8 Å². The smallest absolute Gasteiger partial charge is 0.160 e. The average molecular weight is 405 g/mol. The second-order valence-corrected chi connectivity index (χ2v) is 11.5. The summed E-state index contributed by atoms with van der Waals surface area (Å²) in [7, 11) is 0. The van der Waals surface area contributed by atoms with Crippen LogP contribution in [0.3, 0.4) is 0 Å². The summed E-state index contributed by atoms with van der Waals surface area (Å²) >= 11 is 0. The van der Waals surface area contributed by atoms with Crippen molar-refractivity contribution in [1.29, 1.82) is 0 Å². The van der Waals surface area contributed by atoms with Crippen molar-refractivity contribution in [3.63, 3.8) is 0 Å². The van der Waals surface area contributed by atoms with Gasteiger partial charge in [0.15, 0.2) is 5.78 Å². The van der Waals surface area contributed by atoms with E-state index in [1.807, 2.05) is 27.7 Å². The van der Waals surface area contributed by atoms with Crippen LogP contribution in [0.4, 0.5) is 0 Å². The van der Waals surface area contributed by atoms with Crippen LogP contribution in [0.2, 0.25) is 0 Å². The minimum Gasteiger partial charge on any atom is -0.393 e. The van der Waals surface area contributed by atoms with E-state index in [4.69, 9.17) is 0 Å². The van der Waals surface area contributed by atoms with Gasteiger partial charge in [0.1, 0.15) is 5.78 Å². The summed E-state index contributed by atoms with van der Waals surface area (Å²) in [6.07, 6.45) is 0.262. The van der Waals surface area contributed by atoms with Crippen LogP contribution in [0.15, 0.2) is 11.1 Å². The molecule has 0 bridgehead atoms. The SMILES string of the molecule is CC(=O)[C@H]1C[C@H](O)[C@@]2(C)C3=C(C(=O)C[C@]12C)[C@@]1(C)CC[C@H](O)C(C)(C)[C@@H]1C[C@@H]3O. The van der Waals surface area contributed by atoms with Gasteiger partial charge in [0, 0.05) is 23.3 Å². The zero-order valence-corrected chi connectivity index (χ0v) is 18.6. The van der Waals surface area contributed by atoms with Crippen LogP contribution in [0.5, 0.6) is 0 Å². The fraction of sp³-hybridized carbons (Fsp3) is 0.833. The van der Waals surface area contributed by atoms with Crippen LogP contribution in [0.25, 0.3) is 0 Å². The molecule has 3 N–H and O–H groups in total. The van der Waals surface area contributed by atoms with Crippen LogP contribution in [0, 0.1) is 33.5 Å². The van der Waals surface area contributed by atoms with E-state index in [9.17, 15) is 24.9 Å². The van der Waals surface area contributed by atoms with Crippen LogP contribution in [-0.2, 0) is 9.59 Å². The van der Waals surface area contributed by atoms with Gasteiger partial charge in [0.2, 0.25) is 0 Å². The van der Waals surface area contributed by atoms with Crippen molar-refractivity contribution < 1.29 is 24.9 Å². The molecule has 0 aromatic carbocycles. The Kier molecular flexibility index (Phi) is 4.40. The maximum absolute atomic E-state index is 13.7. The molecule has 5 nitrogen and oxygen atoms in total. The third-order valence-corrected chi connectivity index (χ3v) is 10.0. The number of carbonyl (C=O) groups is 2. The van der Waals surface area contributed by atoms with E-state index >= 15 is 0 Å². The summed E-state index contributed by atoms with van der Waals surface area (Å²) in [5, 5.41) is 33.2. The molecule has 0 unspecified atom stereocenters. The monoisotopic (exact) mass is 404 g/mol. The Hall–Kier alpha value is -1.04. The molecule has 2 fully saturated rings. The number of allylic oxidation sites excluding steroid dienone is 1. The average Bonchev–Trinajstić information content (AvgIpc) is 2.81. The lowest BCUT2D eigenvalue weighted by Crippen LogP contribution is -2.61. The van der Waals surface area contributed by atoms with E-state index in [2.05, 4.69) is 6.92 Å². The quantitative estimate of drug-likeness (QED) is 0.625. The number of hydrogen-bond donors (Lipinski definition) is 3. The third kappa shape index (κ3) is 2.33. The minimum absolute atomic E-state index is 0.00318. The molecular formula is C24H36O5. The van der Waals surface area contributed by atoms with Crippen LogP contribution >= 0.6 is 0 Å². The Morgan fingerprint density at radius 1 is 1.00 bits per heavy atom. The molecular weight excluding hydrogens is 368 g/mol. The van der Waals surface area contributed by atoms with Gasteiger partial charge >= 0.3 is 0 Å². The van der Waals surface area contributed by atoms with Crippen molar-refractivity contribution in [3.05, 3.63) is 11.1 Å². The van der Waals surface area contributed by atoms with E-state index in [0.717, 1.165) is 0 Å². The summed E-state index contributed by atoms with van der Waals surface area (Å²) in [6.45, 7) is 11.6. The first-order chi connectivity index (χ1) is 13.2. The predicted molar refractivity (Wildman–Crippen MR) is 109 cm³/mol. The number of carbonyl (C=O) groups excluding carboxylic acids is 2. The summed E-state index contributed by atoms with van der Waals surface area (Å²) in [5.41, 5.74) is -0.984. The highest BCUT2D eigenvalue weighted by Gasteiger charge is 2.70. The second-order valence-electron chi connectivity index (χ2n) is 11.5. The van der Waals surface area contributed by atoms with Crippen molar-refractivity contribution in [3.8, 4) is 0 Å². The first kappa shape index (κ1) is 21.2. The van der Waals surface area contributed by atoms with Crippen molar-refractivity contribution in [1.82, 2.24) is 0 Å². The van der Waals surface area contributed by atoms with Gasteiger partial charge in [-0.1, -0.05) is 34.6 Å². The van der Waals surface area contributed by atoms with Crippen LogP contribution in [0.1, 0.15) is 73.6 Å². The molecule has 0 radical (unpaired) electrons. The van der Waals surface area contributed by atoms with Gasteiger partial charge in [0.05, 0.1) is 18.3 Å². The summed E-state index contributed by atoms with van der Waals surface area (Å²) < 4.78 is 0. The number of Topliss-reactive ketones (excluding diaryl/α,β-unsaturated/α-hetero) is 2. The normalized spacial score (nSPS) is 51.3. The van der Waals surface area contributed by atoms with Crippen LogP contribution < -0.4 is 0 Å². The first-order valence-corrected chi connectivity index (χ1v) is 11.1. The molecule has 162 valence electrons. The lowest BCUT2D eigenvalue weighted by molar-refractivity contribution is -0.141. The molecule has 2 saturated carbocycles. The highest BCUT2D eigenvalue weighted by atomic mass is 16.3. The second kappa shape index (κ2) is 6.02. The molecule has 5 heteroatoms. The predicted octanol–water partition coefficient (Wildman–Crippen LogP) is 2.81. The molecule has 0 aliphatic heterocycles. The van der Waals surface area contributed by atoms with Gasteiger partial charge < -0.3 is 15.3 Å². The third-order valence-electron chi connectivity index (χ3n) is 10.0. The first-order valence-electron chi connectivity index (χ1n) is 11.1. The molecule has 4 aliphatic rings. The molecule has 0 heterocycles. The van der Waals surface area contributed by atoms with Crippen molar-refractivity contribution >= 4 is 11.6 Å². The largest absolute Gasteiger partial charge is 0.393 e. The number of aliphatic hydroxyl groups is 3. The summed E-state index contributed by atoms with van der Waals surface area (Å²) in [6, 6.07) is 0.